The van der Waals surface area contributed by atoms with Crippen LogP contribution in [0.2, 0.25) is 0 Å². The topological polar surface area (TPSA) is 112 Å². The van der Waals surface area contributed by atoms with Gasteiger partial charge in [-0.15, -0.1) is 0 Å². The first-order chi connectivity index (χ1) is 17.9. The number of hydrogen-bond donors (Lipinski definition) is 3. The van der Waals surface area contributed by atoms with Crippen molar-refractivity contribution in [3.05, 3.63) is 91.1 Å². The van der Waals surface area contributed by atoms with Crippen molar-refractivity contribution in [3.63, 3.8) is 0 Å². The average molecular weight is 490 g/mol. The Bertz CT molecular complexity index is 1670. The van der Waals surface area contributed by atoms with E-state index in [9.17, 15) is 4.79 Å². The van der Waals surface area contributed by atoms with Crippen molar-refractivity contribution in [1.82, 2.24) is 35.5 Å². The average Bonchev–Trinajstić information content (AvgIpc) is 3.52. The second kappa shape index (κ2) is 10.0. The quantitative estimate of drug-likeness (QED) is 0.250. The molecule has 1 amide bonds. The second-order valence-electron chi connectivity index (χ2n) is 9.02. The zero-order chi connectivity index (χ0) is 25.9. The normalized spacial score (nSPS) is 12.4. The number of aromatic amines is 2. The van der Waals surface area contributed by atoms with E-state index in [0.717, 1.165) is 44.6 Å². The maximum Gasteiger partial charge on any atom is 0.226 e. The number of hydrogen-bond acceptors (Lipinski definition) is 5. The number of pyridine rings is 2. The van der Waals surface area contributed by atoms with E-state index >= 15 is 0 Å². The highest BCUT2D eigenvalue weighted by Gasteiger charge is 2.17. The Balaban J connectivity index is 1.57. The lowest BCUT2D eigenvalue weighted by molar-refractivity contribution is -0.123. The number of rotatable bonds is 7. The molecule has 0 aliphatic heterocycles. The molecule has 0 saturated heterocycles. The highest BCUT2D eigenvalue weighted by molar-refractivity contribution is 5.96. The lowest BCUT2D eigenvalue weighted by atomic mass is 10.1. The lowest BCUT2D eigenvalue weighted by Gasteiger charge is -2.09. The van der Waals surface area contributed by atoms with Gasteiger partial charge in [0.1, 0.15) is 5.52 Å². The predicted molar refractivity (Wildman–Crippen MR) is 147 cm³/mol. The van der Waals surface area contributed by atoms with Gasteiger partial charge in [0.25, 0.3) is 0 Å². The van der Waals surface area contributed by atoms with E-state index in [0.29, 0.717) is 17.0 Å². The first-order valence-electron chi connectivity index (χ1n) is 12.0. The van der Waals surface area contributed by atoms with Gasteiger partial charge in [0.05, 0.1) is 22.2 Å². The van der Waals surface area contributed by atoms with Crippen LogP contribution in [0.1, 0.15) is 26.5 Å². The molecule has 0 saturated carbocycles. The maximum atomic E-state index is 12.1. The summed E-state index contributed by atoms with van der Waals surface area (Å²) < 4.78 is 0. The molecule has 184 valence electrons. The molecule has 5 rings (SSSR count). The molecule has 1 aromatic carbocycles. The molecule has 0 bridgehead atoms. The molecule has 0 aliphatic rings. The van der Waals surface area contributed by atoms with E-state index in [1.807, 2.05) is 81.6 Å². The van der Waals surface area contributed by atoms with Crippen molar-refractivity contribution < 1.29 is 4.79 Å². The summed E-state index contributed by atoms with van der Waals surface area (Å²) in [5, 5.41) is 10.5. The van der Waals surface area contributed by atoms with Crippen molar-refractivity contribution in [1.29, 1.82) is 0 Å². The molecule has 8 nitrogen and oxygen atoms in total. The Hall–Kier alpha value is -4.85. The third-order valence-corrected chi connectivity index (χ3v) is 5.93. The minimum Gasteiger partial charge on any atom is -0.336 e. The van der Waals surface area contributed by atoms with E-state index in [4.69, 9.17) is 9.97 Å². The second-order valence-corrected chi connectivity index (χ2v) is 9.02. The van der Waals surface area contributed by atoms with Crippen LogP contribution < -0.4 is 5.32 Å². The lowest BCUT2D eigenvalue weighted by Crippen LogP contribution is -2.25. The number of benzene rings is 1. The van der Waals surface area contributed by atoms with Gasteiger partial charge >= 0.3 is 0 Å². The number of H-pyrrole nitrogens is 2. The Kier molecular flexibility index (Phi) is 6.47. The largest absolute Gasteiger partial charge is 0.336 e. The van der Waals surface area contributed by atoms with Crippen molar-refractivity contribution in [2.45, 2.75) is 20.8 Å². The Morgan fingerprint density at radius 1 is 1.05 bits per heavy atom. The molecule has 8 heteroatoms. The summed E-state index contributed by atoms with van der Waals surface area (Å²) >= 11 is 0. The van der Waals surface area contributed by atoms with E-state index in [-0.39, 0.29) is 11.8 Å². The number of fused-ring (bicyclic) bond motifs is 2. The SMILES string of the molecule is C=C/C=C(\C=C(/C)NC(=O)C(C)C)c1ccc2[nH]nc(-c3nc4c(-c5cccnc5)cccc4[nH]3)c2n1. The zero-order valence-corrected chi connectivity index (χ0v) is 20.9. The smallest absolute Gasteiger partial charge is 0.226 e. The molecule has 4 aromatic heterocycles. The molecule has 5 aromatic rings. The van der Waals surface area contributed by atoms with Gasteiger partial charge in [-0.1, -0.05) is 50.8 Å². The summed E-state index contributed by atoms with van der Waals surface area (Å²) in [4.78, 5) is 29.6. The molecule has 0 radical (unpaired) electrons. The number of nitrogens with one attached hydrogen (secondary N) is 3. The Morgan fingerprint density at radius 2 is 1.92 bits per heavy atom. The number of amides is 1. The van der Waals surface area contributed by atoms with Crippen LogP contribution in [0.4, 0.5) is 0 Å². The van der Waals surface area contributed by atoms with Gasteiger partial charge in [0.2, 0.25) is 5.91 Å². The van der Waals surface area contributed by atoms with Gasteiger partial charge in [-0.2, -0.15) is 5.10 Å². The minimum atomic E-state index is -0.111. The monoisotopic (exact) mass is 489 g/mol. The highest BCUT2D eigenvalue weighted by Crippen LogP contribution is 2.31. The summed E-state index contributed by atoms with van der Waals surface area (Å²) in [6, 6.07) is 13.8. The third-order valence-electron chi connectivity index (χ3n) is 5.93. The van der Waals surface area contributed by atoms with Gasteiger partial charge in [-0.25, -0.2) is 9.97 Å². The summed E-state index contributed by atoms with van der Waals surface area (Å²) in [6.45, 7) is 9.41. The molecular formula is C29H27N7O. The van der Waals surface area contributed by atoms with Crippen LogP contribution in [0, 0.1) is 5.92 Å². The number of carbonyl (C=O) groups excluding carboxylic acids is 1. The van der Waals surface area contributed by atoms with Crippen LogP contribution in [0.15, 0.2) is 85.4 Å². The molecule has 0 unspecified atom stereocenters. The van der Waals surface area contributed by atoms with Gasteiger partial charge in [-0.3, -0.25) is 14.9 Å². The van der Waals surface area contributed by atoms with Crippen LogP contribution in [-0.2, 0) is 4.79 Å². The van der Waals surface area contributed by atoms with Crippen LogP contribution >= 0.6 is 0 Å². The predicted octanol–water partition coefficient (Wildman–Crippen LogP) is 5.81. The van der Waals surface area contributed by atoms with Crippen LogP contribution in [0.5, 0.6) is 0 Å². The van der Waals surface area contributed by atoms with Crippen molar-refractivity contribution in [2.75, 3.05) is 0 Å². The van der Waals surface area contributed by atoms with E-state index < -0.39 is 0 Å². The fourth-order valence-electron chi connectivity index (χ4n) is 4.07. The first kappa shape index (κ1) is 23.9. The molecule has 4 heterocycles. The van der Waals surface area contributed by atoms with E-state index in [2.05, 4.69) is 32.1 Å². The molecule has 0 atom stereocenters. The molecule has 3 N–H and O–H groups in total. The molecular weight excluding hydrogens is 462 g/mol. The Morgan fingerprint density at radius 3 is 2.68 bits per heavy atom. The highest BCUT2D eigenvalue weighted by atomic mass is 16.1. The van der Waals surface area contributed by atoms with E-state index in [1.165, 1.54) is 0 Å². The van der Waals surface area contributed by atoms with Crippen LogP contribution in [0.25, 0.3) is 50.3 Å². The van der Waals surface area contributed by atoms with Crippen molar-refractivity contribution in [2.24, 2.45) is 5.92 Å². The number of aromatic nitrogens is 6. The zero-order valence-electron chi connectivity index (χ0n) is 20.9. The minimum absolute atomic E-state index is 0.0391. The fraction of sp³-hybridized carbons (Fsp3) is 0.138. The van der Waals surface area contributed by atoms with Crippen molar-refractivity contribution >= 4 is 33.5 Å². The Labute approximate surface area is 214 Å². The summed E-state index contributed by atoms with van der Waals surface area (Å²) in [5.74, 6) is 0.468. The number of para-hydroxylation sites is 1. The molecule has 0 fully saturated rings. The maximum absolute atomic E-state index is 12.1. The third kappa shape index (κ3) is 4.81. The number of nitrogens with zero attached hydrogens (tertiary/aromatic N) is 4. The molecule has 0 spiro atoms. The van der Waals surface area contributed by atoms with Crippen molar-refractivity contribution in [3.8, 4) is 22.6 Å². The fourth-order valence-corrected chi connectivity index (χ4v) is 4.07. The van der Waals surface area contributed by atoms with Gasteiger partial charge in [-0.05, 0) is 37.3 Å². The number of carbonyl (C=O) groups is 1. The van der Waals surface area contributed by atoms with Crippen LogP contribution in [-0.4, -0.2) is 36.0 Å². The van der Waals surface area contributed by atoms with Crippen LogP contribution in [0.3, 0.4) is 0 Å². The molecule has 0 aliphatic carbocycles. The number of allylic oxidation sites excluding steroid dienone is 5. The molecule has 37 heavy (non-hydrogen) atoms. The van der Waals surface area contributed by atoms with Gasteiger partial charge < -0.3 is 10.3 Å². The van der Waals surface area contributed by atoms with E-state index in [1.54, 1.807) is 12.3 Å². The summed E-state index contributed by atoms with van der Waals surface area (Å²) in [7, 11) is 0. The van der Waals surface area contributed by atoms with Gasteiger partial charge in [0, 0.05) is 40.7 Å². The summed E-state index contributed by atoms with van der Waals surface area (Å²) in [5.41, 5.74) is 8.07. The first-order valence-corrected chi connectivity index (χ1v) is 12.0. The van der Waals surface area contributed by atoms with Gasteiger partial charge in [0.15, 0.2) is 11.5 Å². The standard InChI is InChI=1S/C29H27N7O/c1-5-8-19(15-18(4)31-29(37)17(2)3)22-12-13-24-26(32-22)27(36-35-24)28-33-23-11-6-10-21(25(23)34-28)20-9-7-14-30-16-20/h5-17H,1H2,2-4H3,(H,31,37)(H,33,34)(H,35,36)/b18-15+,19-8+. The number of imidazole rings is 1. The summed E-state index contributed by atoms with van der Waals surface area (Å²) in [6.07, 6.45) is 9.03.